The minimum Gasteiger partial charge on any atom is -0.381 e. The molecule has 1 saturated heterocycles. The van der Waals surface area contributed by atoms with Crippen LogP contribution in [0.2, 0.25) is 0 Å². The lowest BCUT2D eigenvalue weighted by Crippen LogP contribution is -2.41. The Bertz CT molecular complexity index is 1180. The monoisotopic (exact) mass is 612 g/mol. The van der Waals surface area contributed by atoms with Crippen molar-refractivity contribution in [2.45, 2.75) is 59.4 Å². The smallest absolute Gasteiger partial charge is 0.256 e. The predicted octanol–water partition coefficient (Wildman–Crippen LogP) is 5.99. The molecule has 9 heteroatoms. The molecule has 0 radical (unpaired) electrons. The van der Waals surface area contributed by atoms with Gasteiger partial charge in [0.15, 0.2) is 0 Å². The lowest BCUT2D eigenvalue weighted by Gasteiger charge is -2.29. The first-order valence-electron chi connectivity index (χ1n) is 15.2. The summed E-state index contributed by atoms with van der Waals surface area (Å²) in [6, 6.07) is -0.117. The van der Waals surface area contributed by atoms with Gasteiger partial charge in [-0.3, -0.25) is 18.7 Å². The summed E-state index contributed by atoms with van der Waals surface area (Å²) in [5.74, 6) is -0.432. The van der Waals surface area contributed by atoms with Gasteiger partial charge in [-0.05, 0) is 71.7 Å². The Hall–Kier alpha value is -3.11. The molecule has 0 aromatic rings. The standard InChI is InChI=1S/C28H44N4O4S.C6H8/c1-7-10-11-12-13-17-37(35,36)18-14-22-23(27(33)31-24(22)8-2)19-25-20(4)26(21(5)30-25)28(34)29-15-16-32(6)9-3;1-2-4-6-5-3-1/h7-8,12-14,19,21,26,30,35-36H,1,9-11,15-18H2,2-6H3,(H,29,34)(H,31,33);1-4H,5-6H2/b13-12+,22-14-,23-19-,24-8+;. The Morgan fingerprint density at radius 2 is 1.86 bits per heavy atom. The second-order valence-electron chi connectivity index (χ2n) is 10.9. The topological polar surface area (TPSA) is 114 Å². The third-order valence-corrected chi connectivity index (χ3v) is 8.97. The van der Waals surface area contributed by atoms with E-state index in [1.807, 2.05) is 40.0 Å². The van der Waals surface area contributed by atoms with Crippen molar-refractivity contribution in [3.63, 3.8) is 0 Å². The Labute approximate surface area is 260 Å². The van der Waals surface area contributed by atoms with Crippen LogP contribution in [0.4, 0.5) is 0 Å². The highest BCUT2D eigenvalue weighted by Gasteiger charge is 2.35. The van der Waals surface area contributed by atoms with Crippen molar-refractivity contribution in [3.05, 3.63) is 95.5 Å². The molecule has 2 heterocycles. The minimum absolute atomic E-state index is 0.0359. The van der Waals surface area contributed by atoms with Crippen molar-refractivity contribution in [1.29, 1.82) is 0 Å². The molecule has 0 aromatic carbocycles. The largest absolute Gasteiger partial charge is 0.381 e. The van der Waals surface area contributed by atoms with Gasteiger partial charge in [0.2, 0.25) is 5.91 Å². The Morgan fingerprint density at radius 3 is 2.44 bits per heavy atom. The molecule has 2 unspecified atom stereocenters. The van der Waals surface area contributed by atoms with Crippen LogP contribution in [-0.2, 0) is 9.59 Å². The molecule has 0 spiro atoms. The number of carbonyl (C=O) groups excluding carboxylic acids is 2. The van der Waals surface area contributed by atoms with Crippen molar-refractivity contribution in [2.75, 3.05) is 38.2 Å². The van der Waals surface area contributed by atoms with Gasteiger partial charge in [0.25, 0.3) is 5.91 Å². The van der Waals surface area contributed by atoms with E-state index in [9.17, 15) is 18.7 Å². The number of hydrogen-bond acceptors (Lipinski definition) is 6. The first kappa shape index (κ1) is 36.1. The van der Waals surface area contributed by atoms with E-state index in [1.165, 1.54) is 12.8 Å². The average Bonchev–Trinajstić information content (AvgIpc) is 3.46. The number of rotatable bonds is 13. The van der Waals surface area contributed by atoms with Crippen molar-refractivity contribution in [1.82, 2.24) is 20.9 Å². The molecule has 0 saturated carbocycles. The molecule has 2 atom stereocenters. The number of unbranched alkanes of at least 4 members (excludes halogenated alkanes) is 1. The van der Waals surface area contributed by atoms with Gasteiger partial charge in [0.1, 0.15) is 0 Å². The van der Waals surface area contributed by atoms with E-state index in [-0.39, 0.29) is 35.3 Å². The van der Waals surface area contributed by atoms with E-state index < -0.39 is 10.6 Å². The summed E-state index contributed by atoms with van der Waals surface area (Å²) in [6.45, 7) is 13.7. The van der Waals surface area contributed by atoms with Gasteiger partial charge < -0.3 is 20.9 Å². The molecule has 0 aromatic heterocycles. The summed E-state index contributed by atoms with van der Waals surface area (Å²) < 4.78 is 21.1. The molecule has 3 rings (SSSR count). The highest BCUT2D eigenvalue weighted by atomic mass is 32.3. The van der Waals surface area contributed by atoms with E-state index in [0.29, 0.717) is 23.4 Å². The molecule has 238 valence electrons. The van der Waals surface area contributed by atoms with Crippen LogP contribution in [0, 0.1) is 5.92 Å². The molecular formula is C34H52N4O4S. The van der Waals surface area contributed by atoms with Gasteiger partial charge in [-0.2, -0.15) is 10.6 Å². The molecule has 2 aliphatic heterocycles. The van der Waals surface area contributed by atoms with E-state index >= 15 is 0 Å². The molecule has 8 nitrogen and oxygen atoms in total. The molecule has 1 aliphatic carbocycles. The number of amides is 2. The summed E-state index contributed by atoms with van der Waals surface area (Å²) in [4.78, 5) is 27.9. The summed E-state index contributed by atoms with van der Waals surface area (Å²) in [5, 5.41) is 9.24. The number of likely N-dealkylation sites (N-methyl/N-ethyl adjacent to an activating group) is 1. The van der Waals surface area contributed by atoms with E-state index in [2.05, 4.69) is 58.7 Å². The fourth-order valence-corrected chi connectivity index (χ4v) is 5.86. The highest BCUT2D eigenvalue weighted by Crippen LogP contribution is 2.40. The molecule has 1 fully saturated rings. The maximum absolute atomic E-state index is 12.9. The molecule has 2 amide bonds. The van der Waals surface area contributed by atoms with Crippen LogP contribution in [0.25, 0.3) is 0 Å². The zero-order valence-corrected chi connectivity index (χ0v) is 27.4. The van der Waals surface area contributed by atoms with Crippen LogP contribution in [0.15, 0.2) is 95.5 Å². The lowest BCUT2D eigenvalue weighted by molar-refractivity contribution is -0.124. The number of nitrogens with zero attached hydrogens (tertiary/aromatic N) is 1. The Balaban J connectivity index is 0.000000953. The zero-order chi connectivity index (χ0) is 31.8. The second kappa shape index (κ2) is 18.5. The maximum Gasteiger partial charge on any atom is 0.256 e. The van der Waals surface area contributed by atoms with Gasteiger partial charge in [0, 0.05) is 36.1 Å². The minimum atomic E-state index is -2.88. The summed E-state index contributed by atoms with van der Waals surface area (Å²) in [7, 11) is -0.867. The first-order valence-corrected chi connectivity index (χ1v) is 17.1. The summed E-state index contributed by atoms with van der Waals surface area (Å²) >= 11 is 0. The van der Waals surface area contributed by atoms with Gasteiger partial charge in [-0.25, -0.2) is 0 Å². The fourth-order valence-electron chi connectivity index (χ4n) is 4.84. The first-order chi connectivity index (χ1) is 20.5. The molecule has 43 heavy (non-hydrogen) atoms. The number of carbonyl (C=O) groups is 2. The lowest BCUT2D eigenvalue weighted by atomic mass is 9.95. The van der Waals surface area contributed by atoms with Gasteiger partial charge in [-0.1, -0.05) is 61.6 Å². The number of hydrogen-bond donors (Lipinski definition) is 5. The van der Waals surface area contributed by atoms with Crippen molar-refractivity contribution < 1.29 is 18.7 Å². The van der Waals surface area contributed by atoms with Crippen LogP contribution >= 0.6 is 10.6 Å². The van der Waals surface area contributed by atoms with E-state index in [0.717, 1.165) is 37.2 Å². The van der Waals surface area contributed by atoms with Crippen LogP contribution in [0.1, 0.15) is 53.4 Å². The number of nitrogens with one attached hydrogen (secondary N) is 3. The molecule has 0 bridgehead atoms. The van der Waals surface area contributed by atoms with Crippen molar-refractivity contribution in [2.24, 2.45) is 5.92 Å². The second-order valence-corrected chi connectivity index (χ2v) is 13.2. The molecule has 5 N–H and O–H groups in total. The highest BCUT2D eigenvalue weighted by molar-refractivity contribution is 8.24. The van der Waals surface area contributed by atoms with Crippen LogP contribution < -0.4 is 16.0 Å². The normalized spacial score (nSPS) is 23.3. The Kier molecular flexibility index (Phi) is 15.6. The van der Waals surface area contributed by atoms with Crippen LogP contribution in [-0.4, -0.2) is 70.0 Å². The third kappa shape index (κ3) is 11.8. The van der Waals surface area contributed by atoms with Crippen molar-refractivity contribution in [3.8, 4) is 0 Å². The number of allylic oxidation sites excluding steroid dienone is 9. The molecule has 3 aliphatic rings. The van der Waals surface area contributed by atoms with Crippen molar-refractivity contribution >= 4 is 22.4 Å². The molecular weight excluding hydrogens is 560 g/mol. The third-order valence-electron chi connectivity index (χ3n) is 7.55. The predicted molar refractivity (Wildman–Crippen MR) is 182 cm³/mol. The fraction of sp³-hybridized carbons (Fsp3) is 0.471. The maximum atomic E-state index is 12.9. The van der Waals surface area contributed by atoms with E-state index in [1.54, 1.807) is 24.3 Å². The summed E-state index contributed by atoms with van der Waals surface area (Å²) in [6.07, 6.45) is 23.4. The van der Waals surface area contributed by atoms with Crippen LogP contribution in [0.3, 0.4) is 0 Å². The summed E-state index contributed by atoms with van der Waals surface area (Å²) in [5.41, 5.74) is 3.31. The quantitative estimate of drug-likeness (QED) is 0.0993. The average molecular weight is 613 g/mol. The Morgan fingerprint density at radius 1 is 1.16 bits per heavy atom. The van der Waals surface area contributed by atoms with Gasteiger partial charge >= 0.3 is 0 Å². The van der Waals surface area contributed by atoms with Crippen LogP contribution in [0.5, 0.6) is 0 Å². The van der Waals surface area contributed by atoms with Gasteiger partial charge in [-0.15, -0.1) is 6.58 Å². The van der Waals surface area contributed by atoms with Gasteiger partial charge in [0.05, 0.1) is 23.0 Å². The van der Waals surface area contributed by atoms with E-state index in [4.69, 9.17) is 0 Å². The zero-order valence-electron chi connectivity index (χ0n) is 26.6. The SMILES string of the molecule is C1=CCCC=C1.C=CCC/C=C/CS(O)(O)C/C=C1C(=C/C2=C(C)C(C(=O)NCCN(C)CC)C(C)N2)/C(=O)NC/1=C/C.